The van der Waals surface area contributed by atoms with Gasteiger partial charge in [0.15, 0.2) is 0 Å². The lowest BCUT2D eigenvalue weighted by molar-refractivity contribution is 0.0379. The molecule has 0 spiro atoms. The summed E-state index contributed by atoms with van der Waals surface area (Å²) in [5.74, 6) is 0. The minimum absolute atomic E-state index is 0.0732. The average molecular weight is 276 g/mol. The Morgan fingerprint density at radius 3 is 1.33 bits per heavy atom. The molecule has 0 aliphatic heterocycles. The molecule has 0 fully saturated rings. The fraction of sp³-hybridized carbons (Fsp3) is 1.00. The second kappa shape index (κ2) is 9.07. The van der Waals surface area contributed by atoms with Crippen LogP contribution in [-0.4, -0.2) is 28.6 Å². The lowest BCUT2D eigenvalue weighted by atomic mass is 9.96. The number of hydrogen-bond donors (Lipinski definition) is 0. The van der Waals surface area contributed by atoms with Gasteiger partial charge in [-0.1, -0.05) is 27.2 Å². The van der Waals surface area contributed by atoms with E-state index >= 15 is 0 Å². The first-order chi connectivity index (χ1) is 8.61. The summed E-state index contributed by atoms with van der Waals surface area (Å²) < 4.78 is 18.3. The van der Waals surface area contributed by atoms with Crippen molar-refractivity contribution in [2.24, 2.45) is 0 Å². The molecular formula is C14H32O3Si. The van der Waals surface area contributed by atoms with Crippen molar-refractivity contribution in [2.75, 3.05) is 19.8 Å². The molecule has 0 rings (SSSR count). The molecule has 4 heteroatoms. The largest absolute Gasteiger partial charge is 0.507 e. The molecule has 0 saturated heterocycles. The van der Waals surface area contributed by atoms with Gasteiger partial charge in [-0.05, 0) is 40.0 Å². The minimum Gasteiger partial charge on any atom is -0.373 e. The molecule has 110 valence electrons. The maximum absolute atomic E-state index is 6.10. The van der Waals surface area contributed by atoms with E-state index in [4.69, 9.17) is 13.3 Å². The molecule has 18 heavy (non-hydrogen) atoms. The van der Waals surface area contributed by atoms with Gasteiger partial charge in [-0.25, -0.2) is 0 Å². The zero-order valence-corrected chi connectivity index (χ0v) is 14.2. The molecule has 0 atom stereocenters. The quantitative estimate of drug-likeness (QED) is 0.524. The first-order valence-electron chi connectivity index (χ1n) is 7.53. The first kappa shape index (κ1) is 18.1. The second-order valence-corrected chi connectivity index (χ2v) is 7.63. The van der Waals surface area contributed by atoms with Crippen molar-refractivity contribution in [1.29, 1.82) is 0 Å². The van der Waals surface area contributed by atoms with Gasteiger partial charge in [0.05, 0.1) is 0 Å². The SMILES string of the molecule is CCCC(CC)(CC)[Si](OCC)(OCC)OCC. The molecular weight excluding hydrogens is 244 g/mol. The molecule has 0 heterocycles. The molecule has 0 aromatic carbocycles. The highest BCUT2D eigenvalue weighted by molar-refractivity contribution is 6.64. The van der Waals surface area contributed by atoms with Gasteiger partial charge in [0.1, 0.15) is 0 Å². The summed E-state index contributed by atoms with van der Waals surface area (Å²) in [6, 6.07) is 0. The van der Waals surface area contributed by atoms with Gasteiger partial charge in [0.2, 0.25) is 0 Å². The van der Waals surface area contributed by atoms with Crippen LogP contribution < -0.4 is 0 Å². The van der Waals surface area contributed by atoms with Crippen molar-refractivity contribution < 1.29 is 13.3 Å². The van der Waals surface area contributed by atoms with Gasteiger partial charge in [0, 0.05) is 24.9 Å². The van der Waals surface area contributed by atoms with Gasteiger partial charge in [-0.15, -0.1) is 0 Å². The third kappa shape index (κ3) is 3.79. The Morgan fingerprint density at radius 2 is 1.11 bits per heavy atom. The molecule has 0 aromatic rings. The van der Waals surface area contributed by atoms with Crippen molar-refractivity contribution in [3.63, 3.8) is 0 Å². The normalized spacial score (nSPS) is 13.0. The predicted octanol–water partition coefficient (Wildman–Crippen LogP) is 4.40. The lowest BCUT2D eigenvalue weighted by Gasteiger charge is -2.44. The fourth-order valence-electron chi connectivity index (χ4n) is 2.82. The zero-order chi connectivity index (χ0) is 14.1. The Balaban J connectivity index is 5.40. The van der Waals surface area contributed by atoms with Crippen LogP contribution >= 0.6 is 0 Å². The van der Waals surface area contributed by atoms with Crippen LogP contribution in [0.15, 0.2) is 0 Å². The van der Waals surface area contributed by atoms with E-state index in [0.717, 1.165) is 25.7 Å². The number of hydrogen-bond acceptors (Lipinski definition) is 3. The van der Waals surface area contributed by atoms with Gasteiger partial charge >= 0.3 is 8.80 Å². The number of rotatable bonds is 11. The van der Waals surface area contributed by atoms with E-state index in [1.54, 1.807) is 0 Å². The molecule has 3 nitrogen and oxygen atoms in total. The third-order valence-electron chi connectivity index (χ3n) is 3.73. The topological polar surface area (TPSA) is 27.7 Å². The van der Waals surface area contributed by atoms with Crippen LogP contribution in [-0.2, 0) is 13.3 Å². The van der Waals surface area contributed by atoms with Crippen LogP contribution in [0, 0.1) is 0 Å². The second-order valence-electron chi connectivity index (χ2n) is 4.59. The predicted molar refractivity (Wildman–Crippen MR) is 78.8 cm³/mol. The van der Waals surface area contributed by atoms with Crippen molar-refractivity contribution >= 4 is 8.80 Å². The van der Waals surface area contributed by atoms with Crippen LogP contribution in [0.4, 0.5) is 0 Å². The average Bonchev–Trinajstić information content (AvgIpc) is 2.37. The summed E-state index contributed by atoms with van der Waals surface area (Å²) in [7, 11) is -2.60. The molecule has 0 N–H and O–H groups in total. The van der Waals surface area contributed by atoms with Gasteiger partial charge in [-0.3, -0.25) is 0 Å². The van der Waals surface area contributed by atoms with E-state index in [2.05, 4.69) is 20.8 Å². The van der Waals surface area contributed by atoms with Gasteiger partial charge < -0.3 is 13.3 Å². The van der Waals surface area contributed by atoms with Gasteiger partial charge in [0.25, 0.3) is 0 Å². The van der Waals surface area contributed by atoms with Crippen LogP contribution in [0.1, 0.15) is 67.2 Å². The molecule has 0 aliphatic carbocycles. The van der Waals surface area contributed by atoms with E-state index in [0.29, 0.717) is 19.8 Å². The van der Waals surface area contributed by atoms with E-state index in [1.807, 2.05) is 20.8 Å². The van der Waals surface area contributed by atoms with Crippen molar-refractivity contribution in [3.05, 3.63) is 0 Å². The van der Waals surface area contributed by atoms with Gasteiger partial charge in [-0.2, -0.15) is 0 Å². The standard InChI is InChI=1S/C14H32O3Si/c1-7-13-14(8-2,9-3)18(15-10-4,16-11-5)17-12-6/h7-13H2,1-6H3. The summed E-state index contributed by atoms with van der Waals surface area (Å²) >= 11 is 0. The molecule has 0 saturated carbocycles. The first-order valence-corrected chi connectivity index (χ1v) is 9.26. The fourth-order valence-corrected chi connectivity index (χ4v) is 6.55. The Hall–Kier alpha value is 0.0969. The maximum atomic E-state index is 6.10. The van der Waals surface area contributed by atoms with Crippen molar-refractivity contribution in [1.82, 2.24) is 0 Å². The summed E-state index contributed by atoms with van der Waals surface area (Å²) in [5.41, 5.74) is 0. The zero-order valence-electron chi connectivity index (χ0n) is 13.2. The van der Waals surface area contributed by atoms with Crippen LogP contribution in [0.25, 0.3) is 0 Å². The monoisotopic (exact) mass is 276 g/mol. The minimum atomic E-state index is -2.60. The third-order valence-corrected chi connectivity index (χ3v) is 8.00. The maximum Gasteiger partial charge on any atom is 0.507 e. The van der Waals surface area contributed by atoms with Crippen LogP contribution in [0.3, 0.4) is 0 Å². The van der Waals surface area contributed by atoms with E-state index in [1.165, 1.54) is 0 Å². The molecule has 0 aliphatic rings. The highest BCUT2D eigenvalue weighted by atomic mass is 28.4. The summed E-state index contributed by atoms with van der Waals surface area (Å²) in [6.07, 6.45) is 4.38. The van der Waals surface area contributed by atoms with Crippen LogP contribution in [0.5, 0.6) is 0 Å². The molecule has 0 radical (unpaired) electrons. The lowest BCUT2D eigenvalue weighted by Crippen LogP contribution is -2.56. The molecule has 0 amide bonds. The summed E-state index contributed by atoms with van der Waals surface area (Å²) in [6.45, 7) is 14.8. The van der Waals surface area contributed by atoms with E-state index in [-0.39, 0.29) is 5.04 Å². The van der Waals surface area contributed by atoms with Crippen molar-refractivity contribution in [3.8, 4) is 0 Å². The highest BCUT2D eigenvalue weighted by Crippen LogP contribution is 2.50. The van der Waals surface area contributed by atoms with Crippen LogP contribution in [0.2, 0.25) is 5.04 Å². The smallest absolute Gasteiger partial charge is 0.373 e. The Kier molecular flexibility index (Phi) is 9.12. The Morgan fingerprint density at radius 1 is 0.722 bits per heavy atom. The Labute approximate surface area is 115 Å². The molecule has 0 aromatic heterocycles. The Bertz CT molecular complexity index is 188. The molecule has 0 bridgehead atoms. The molecule has 0 unspecified atom stereocenters. The summed E-state index contributed by atoms with van der Waals surface area (Å²) in [5, 5.41) is 0.0732. The van der Waals surface area contributed by atoms with E-state index in [9.17, 15) is 0 Å². The van der Waals surface area contributed by atoms with Crippen molar-refractivity contribution in [2.45, 2.75) is 72.3 Å². The van der Waals surface area contributed by atoms with E-state index < -0.39 is 8.80 Å². The summed E-state index contributed by atoms with van der Waals surface area (Å²) in [4.78, 5) is 0. The highest BCUT2D eigenvalue weighted by Gasteiger charge is 2.58.